The number of carbonyl (C=O) groups excluding carboxylic acids is 1. The lowest BCUT2D eigenvalue weighted by Crippen LogP contribution is -2.22. The number of benzene rings is 1. The van der Waals surface area contributed by atoms with Gasteiger partial charge >= 0.3 is 11.7 Å². The number of para-hydroxylation sites is 2. The summed E-state index contributed by atoms with van der Waals surface area (Å²) in [6.45, 7) is 1.42. The van der Waals surface area contributed by atoms with Crippen molar-refractivity contribution in [3.05, 3.63) is 80.8 Å². The average molecular weight is 365 g/mol. The first-order chi connectivity index (χ1) is 13.0. The Labute approximate surface area is 152 Å². The van der Waals surface area contributed by atoms with Crippen LogP contribution in [0.15, 0.2) is 62.7 Å². The van der Waals surface area contributed by atoms with Gasteiger partial charge in [0.15, 0.2) is 5.58 Å². The molecule has 0 bridgehead atoms. The summed E-state index contributed by atoms with van der Waals surface area (Å²) in [4.78, 5) is 40.5. The summed E-state index contributed by atoms with van der Waals surface area (Å²) >= 11 is 0. The van der Waals surface area contributed by atoms with E-state index in [1.807, 2.05) is 13.0 Å². The van der Waals surface area contributed by atoms with Crippen LogP contribution in [0, 0.1) is 6.92 Å². The number of nitrogens with zero attached hydrogens (tertiary/aromatic N) is 3. The summed E-state index contributed by atoms with van der Waals surface area (Å²) in [5, 5.41) is 0. The molecule has 136 valence electrons. The molecule has 0 amide bonds. The summed E-state index contributed by atoms with van der Waals surface area (Å²) in [5.74, 6) is -1.26. The Kier molecular flexibility index (Phi) is 4.08. The van der Waals surface area contributed by atoms with Crippen molar-refractivity contribution >= 4 is 22.7 Å². The van der Waals surface area contributed by atoms with Crippen LogP contribution in [0.4, 0.5) is 0 Å². The van der Waals surface area contributed by atoms with Crippen LogP contribution in [-0.4, -0.2) is 19.9 Å². The van der Waals surface area contributed by atoms with E-state index in [1.165, 1.54) is 15.0 Å². The van der Waals surface area contributed by atoms with E-state index in [4.69, 9.17) is 9.15 Å². The van der Waals surface area contributed by atoms with E-state index < -0.39 is 11.7 Å². The number of rotatable bonds is 4. The van der Waals surface area contributed by atoms with Crippen molar-refractivity contribution in [2.24, 2.45) is 0 Å². The third kappa shape index (κ3) is 3.24. The number of pyridine rings is 1. The van der Waals surface area contributed by atoms with Crippen LogP contribution in [0.3, 0.4) is 0 Å². The molecule has 4 aromatic rings. The zero-order valence-electron chi connectivity index (χ0n) is 14.4. The molecule has 27 heavy (non-hydrogen) atoms. The highest BCUT2D eigenvalue weighted by atomic mass is 16.5. The maximum atomic E-state index is 12.2. The minimum atomic E-state index is -0.634. The van der Waals surface area contributed by atoms with Crippen LogP contribution in [0.25, 0.3) is 16.7 Å². The molecule has 0 radical (unpaired) electrons. The molecule has 0 unspecified atom stereocenters. The predicted octanol–water partition coefficient (Wildman–Crippen LogP) is 1.65. The monoisotopic (exact) mass is 365 g/mol. The number of oxazole rings is 1. The van der Waals surface area contributed by atoms with E-state index in [-0.39, 0.29) is 18.7 Å². The van der Waals surface area contributed by atoms with Crippen LogP contribution in [0.1, 0.15) is 11.3 Å². The molecule has 0 N–H and O–H groups in total. The lowest BCUT2D eigenvalue weighted by atomic mass is 10.3. The third-order valence-electron chi connectivity index (χ3n) is 4.10. The summed E-state index contributed by atoms with van der Waals surface area (Å²) in [6.07, 6.45) is 1.69. The average Bonchev–Trinajstić information content (AvgIpc) is 2.96. The molecule has 0 fully saturated rings. The molecule has 0 aliphatic carbocycles. The zero-order valence-corrected chi connectivity index (χ0v) is 14.4. The van der Waals surface area contributed by atoms with E-state index in [0.717, 1.165) is 5.56 Å². The first-order valence-corrected chi connectivity index (χ1v) is 8.24. The second-order valence-corrected chi connectivity index (χ2v) is 6.10. The lowest BCUT2D eigenvalue weighted by molar-refractivity contribution is -0.145. The lowest BCUT2D eigenvalue weighted by Gasteiger charge is -2.07. The Hall–Kier alpha value is -3.68. The van der Waals surface area contributed by atoms with E-state index in [0.29, 0.717) is 22.4 Å². The molecule has 0 saturated carbocycles. The van der Waals surface area contributed by atoms with Crippen molar-refractivity contribution in [3.63, 3.8) is 0 Å². The minimum Gasteiger partial charge on any atom is -0.458 e. The summed E-state index contributed by atoms with van der Waals surface area (Å²) in [5.41, 5.74) is 2.39. The fourth-order valence-corrected chi connectivity index (χ4v) is 2.83. The van der Waals surface area contributed by atoms with Gasteiger partial charge in [-0.1, -0.05) is 18.2 Å². The number of ether oxygens (including phenoxy) is 1. The standard InChI is InChI=1S/C19H15N3O5/c1-12-6-7-16-20-13(8-17(23)22(16)9-12)11-26-18(24)10-21-14-4-2-3-5-15(14)27-19(21)25/h2-9H,10-11H2,1H3. The van der Waals surface area contributed by atoms with Gasteiger partial charge in [-0.15, -0.1) is 0 Å². The van der Waals surface area contributed by atoms with Gasteiger partial charge in [0.25, 0.3) is 5.56 Å². The Morgan fingerprint density at radius 3 is 2.85 bits per heavy atom. The Morgan fingerprint density at radius 1 is 1.19 bits per heavy atom. The van der Waals surface area contributed by atoms with Crippen LogP contribution in [0.5, 0.6) is 0 Å². The summed E-state index contributed by atoms with van der Waals surface area (Å²) < 4.78 is 12.9. The number of aromatic nitrogens is 3. The van der Waals surface area contributed by atoms with Gasteiger partial charge < -0.3 is 9.15 Å². The smallest absolute Gasteiger partial charge is 0.420 e. The van der Waals surface area contributed by atoms with Gasteiger partial charge in [-0.05, 0) is 30.7 Å². The van der Waals surface area contributed by atoms with Gasteiger partial charge in [0.05, 0.1) is 11.2 Å². The molecule has 3 heterocycles. The van der Waals surface area contributed by atoms with Crippen molar-refractivity contribution in [2.75, 3.05) is 0 Å². The van der Waals surface area contributed by atoms with Crippen molar-refractivity contribution < 1.29 is 13.9 Å². The highest BCUT2D eigenvalue weighted by Crippen LogP contribution is 2.12. The highest BCUT2D eigenvalue weighted by molar-refractivity contribution is 5.76. The van der Waals surface area contributed by atoms with Crippen molar-refractivity contribution in [1.82, 2.24) is 14.0 Å². The molecule has 1 aromatic carbocycles. The largest absolute Gasteiger partial charge is 0.458 e. The maximum absolute atomic E-state index is 12.2. The second kappa shape index (κ2) is 6.56. The third-order valence-corrected chi connectivity index (χ3v) is 4.10. The van der Waals surface area contributed by atoms with Gasteiger partial charge in [-0.2, -0.15) is 0 Å². The van der Waals surface area contributed by atoms with E-state index >= 15 is 0 Å². The van der Waals surface area contributed by atoms with Gasteiger partial charge in [0.1, 0.15) is 18.8 Å². The van der Waals surface area contributed by atoms with Gasteiger partial charge in [0, 0.05) is 12.3 Å². The van der Waals surface area contributed by atoms with Gasteiger partial charge in [-0.3, -0.25) is 18.6 Å². The fraction of sp³-hybridized carbons (Fsp3) is 0.158. The van der Waals surface area contributed by atoms with Crippen molar-refractivity contribution in [3.8, 4) is 0 Å². The number of esters is 1. The summed E-state index contributed by atoms with van der Waals surface area (Å²) in [7, 11) is 0. The van der Waals surface area contributed by atoms with Crippen LogP contribution in [0.2, 0.25) is 0 Å². The molecule has 0 atom stereocenters. The maximum Gasteiger partial charge on any atom is 0.420 e. The molecule has 8 heteroatoms. The fourth-order valence-electron chi connectivity index (χ4n) is 2.83. The molecular formula is C19H15N3O5. The van der Waals surface area contributed by atoms with Gasteiger partial charge in [0.2, 0.25) is 0 Å². The molecule has 4 rings (SSSR count). The number of carbonyl (C=O) groups is 1. The molecule has 0 aliphatic rings. The molecule has 0 spiro atoms. The highest BCUT2D eigenvalue weighted by Gasteiger charge is 2.14. The normalized spacial score (nSPS) is 11.1. The minimum absolute atomic E-state index is 0.164. The Balaban J connectivity index is 1.52. The molecule has 0 saturated heterocycles. The van der Waals surface area contributed by atoms with Gasteiger partial charge in [-0.25, -0.2) is 9.78 Å². The van der Waals surface area contributed by atoms with Crippen LogP contribution in [-0.2, 0) is 22.7 Å². The first kappa shape index (κ1) is 16.8. The number of hydrogen-bond acceptors (Lipinski definition) is 6. The molecule has 8 nitrogen and oxygen atoms in total. The van der Waals surface area contributed by atoms with Crippen LogP contribution >= 0.6 is 0 Å². The SMILES string of the molecule is Cc1ccc2nc(COC(=O)Cn3c(=O)oc4ccccc43)cc(=O)n2c1. The topological polar surface area (TPSA) is 95.8 Å². The van der Waals surface area contributed by atoms with Crippen molar-refractivity contribution in [2.45, 2.75) is 20.1 Å². The van der Waals surface area contributed by atoms with E-state index in [2.05, 4.69) is 4.98 Å². The quantitative estimate of drug-likeness (QED) is 0.510. The van der Waals surface area contributed by atoms with E-state index in [1.54, 1.807) is 36.5 Å². The summed E-state index contributed by atoms with van der Waals surface area (Å²) in [6, 6.07) is 11.7. The second-order valence-electron chi connectivity index (χ2n) is 6.10. The van der Waals surface area contributed by atoms with Crippen LogP contribution < -0.4 is 11.3 Å². The Bertz CT molecular complexity index is 1280. The number of aryl methyl sites for hydroxylation is 1. The number of hydrogen-bond donors (Lipinski definition) is 0. The first-order valence-electron chi connectivity index (χ1n) is 8.24. The molecule has 0 aliphatic heterocycles. The van der Waals surface area contributed by atoms with Crippen molar-refractivity contribution in [1.29, 1.82) is 0 Å². The Morgan fingerprint density at radius 2 is 2.00 bits per heavy atom. The van der Waals surface area contributed by atoms with E-state index in [9.17, 15) is 14.4 Å². The molecular weight excluding hydrogens is 350 g/mol. The number of fused-ring (bicyclic) bond motifs is 2. The predicted molar refractivity (Wildman–Crippen MR) is 96.5 cm³/mol. The molecule has 3 aromatic heterocycles. The zero-order chi connectivity index (χ0) is 19.0.